The Morgan fingerprint density at radius 3 is 0.846 bits per heavy atom. The van der Waals surface area contributed by atoms with E-state index in [-0.39, 0.29) is 0 Å². The van der Waals surface area contributed by atoms with Gasteiger partial charge in [0.05, 0.1) is 78.3 Å². The first-order valence-corrected chi connectivity index (χ1v) is 45.9. The van der Waals surface area contributed by atoms with Crippen molar-refractivity contribution in [2.45, 2.75) is 410 Å². The van der Waals surface area contributed by atoms with E-state index in [1.165, 1.54) is 13.8 Å². The van der Waals surface area contributed by atoms with E-state index >= 15 is 0 Å². The maximum absolute atomic E-state index is 13.5. The summed E-state index contributed by atoms with van der Waals surface area (Å²) in [5.41, 5.74) is 0. The summed E-state index contributed by atoms with van der Waals surface area (Å²) in [6.45, 7) is -5.53. The number of hydrogen-bond donors (Lipinski definition) is 36. The largest absolute Gasteiger partial charge is 0.394 e. The lowest BCUT2D eigenvalue weighted by Crippen LogP contribution is -2.71. The Hall–Kier alpha value is -4.32. The summed E-state index contributed by atoms with van der Waals surface area (Å²) in [5, 5.41) is 371. The molecule has 0 aliphatic carbocycles. The van der Waals surface area contributed by atoms with Gasteiger partial charge in [0, 0.05) is 27.7 Å². The summed E-state index contributed by atoms with van der Waals surface area (Å²) in [7, 11) is 0. The van der Waals surface area contributed by atoms with Crippen LogP contribution >= 0.6 is 0 Å². The van der Waals surface area contributed by atoms with Crippen LogP contribution in [0.3, 0.4) is 0 Å². The maximum Gasteiger partial charge on any atom is 0.217 e. The van der Waals surface area contributed by atoms with Gasteiger partial charge in [0.25, 0.3) is 0 Å². The van der Waals surface area contributed by atoms with Crippen molar-refractivity contribution in [1.29, 1.82) is 0 Å². The lowest BCUT2D eigenvalue weighted by atomic mass is 9.93. The first-order chi connectivity index (χ1) is 67.6. The molecule has 12 aliphatic heterocycles. The molecular formula is C80H134N4O59. The second-order valence-corrected chi connectivity index (χ2v) is 36.6. The van der Waals surface area contributed by atoms with Crippen LogP contribution in [0.2, 0.25) is 0 Å². The van der Waals surface area contributed by atoms with Gasteiger partial charge in [-0.15, -0.1) is 0 Å². The van der Waals surface area contributed by atoms with E-state index in [4.69, 9.17) is 109 Å². The summed E-state index contributed by atoms with van der Waals surface area (Å²) in [6, 6.07) is -8.03. The van der Waals surface area contributed by atoms with Gasteiger partial charge < -0.3 is 294 Å². The van der Waals surface area contributed by atoms with Crippen LogP contribution in [0.5, 0.6) is 0 Å². The van der Waals surface area contributed by atoms with Gasteiger partial charge in [0.2, 0.25) is 23.6 Å². The molecule has 63 heteroatoms. The Kier molecular flexibility index (Phi) is 41.8. The Morgan fingerprint density at radius 2 is 0.441 bits per heavy atom. The SMILES string of the molecule is CC(=O)N[C@@H]1[C@H](O[C@@H]2[C@@H](O[C@@H]3[C@H](O)[C@H](O[C@H]4[C@H](O)[C@@H](NC(C)=O)[C@H](O[C@H]5[C@H](O)[C@@H](NC(C)=O)[C@H](O)O[C@@H]5CO[C@@H]5O[C@@H](C)[C@@H](O)[C@@H](O)[C@@H]5O)O[C@@H]4CO)O[C@H](CO[C@H]4O[C@H](CO)[C@@H](O)[C@H](O)[C@@H]4O[C@@H]4O[C@H](CO)[C@@H](O[C@@H]5O[C@H](CO)[C@H](O)[C@H](O)[C@H]5O)[C@H](O)[C@H]4NC(C)=O)[C@H]3O)O[C@H](CO)[C@@H](O)[C@@H]2O)O[C@H](CO)[C@@H](O[C@@H]2O[C@H](CO)[C@H](O)[C@H](O[C@H]3O[C@H](CO)[C@H](O)[C@H](O)[C@H]3O)[C@H]2O[C@@H]2O[C@@H](C)[C@@H](O)[C@@H](O)[C@@H]2O)[C@@H]1O. The normalized spacial score (nSPS) is 50.7. The quantitative estimate of drug-likeness (QED) is 0.0277. The van der Waals surface area contributed by atoms with Crippen molar-refractivity contribution >= 4 is 23.6 Å². The summed E-state index contributed by atoms with van der Waals surface area (Å²) >= 11 is 0. The molecule has 12 fully saturated rings. The molecule has 12 saturated heterocycles. The molecular weight excluding hydrogens is 1960 g/mol. The topological polar surface area (TPSA) is 976 Å². The van der Waals surface area contributed by atoms with Gasteiger partial charge in [-0.25, -0.2) is 0 Å². The van der Waals surface area contributed by atoms with Crippen molar-refractivity contribution in [3.63, 3.8) is 0 Å². The predicted octanol–water partition coefficient (Wildman–Crippen LogP) is -24.5. The van der Waals surface area contributed by atoms with Gasteiger partial charge in [-0.3, -0.25) is 19.2 Å². The third kappa shape index (κ3) is 25.8. The molecule has 60 atom stereocenters. The van der Waals surface area contributed by atoms with E-state index in [0.717, 1.165) is 27.7 Å². The minimum Gasteiger partial charge on any atom is -0.394 e. The highest BCUT2D eigenvalue weighted by atomic mass is 16.8. The molecule has 0 aromatic carbocycles. The van der Waals surface area contributed by atoms with Gasteiger partial charge in [-0.1, -0.05) is 0 Å². The van der Waals surface area contributed by atoms with Gasteiger partial charge in [-0.2, -0.15) is 0 Å². The monoisotopic (exact) mass is 2090 g/mol. The minimum absolute atomic E-state index is 0.859. The molecule has 12 aliphatic rings. The Labute approximate surface area is 809 Å². The average Bonchev–Trinajstić information content (AvgIpc) is 0.751. The van der Waals surface area contributed by atoms with E-state index in [2.05, 4.69) is 21.3 Å². The highest BCUT2D eigenvalue weighted by Gasteiger charge is 2.64. The molecule has 0 radical (unpaired) electrons. The number of hydrogen-bond acceptors (Lipinski definition) is 59. The number of aliphatic hydroxyl groups excluding tert-OH is 32. The fourth-order valence-electron chi connectivity index (χ4n) is 18.7. The lowest BCUT2D eigenvalue weighted by Gasteiger charge is -2.52. The van der Waals surface area contributed by atoms with Crippen molar-refractivity contribution in [1.82, 2.24) is 21.3 Å². The molecule has 143 heavy (non-hydrogen) atoms. The van der Waals surface area contributed by atoms with Crippen LogP contribution in [0.1, 0.15) is 41.5 Å². The summed E-state index contributed by atoms with van der Waals surface area (Å²) in [4.78, 5) is 52.5. The third-order valence-corrected chi connectivity index (χ3v) is 26.6. The summed E-state index contributed by atoms with van der Waals surface area (Å²) in [6.07, 6.45) is -119. The molecule has 12 rings (SSSR count). The summed E-state index contributed by atoms with van der Waals surface area (Å²) in [5.74, 6) is -3.96. The zero-order valence-corrected chi connectivity index (χ0v) is 77.0. The van der Waals surface area contributed by atoms with Crippen LogP contribution < -0.4 is 21.3 Å². The predicted molar refractivity (Wildman–Crippen MR) is 439 cm³/mol. The molecule has 0 saturated carbocycles. The van der Waals surface area contributed by atoms with Gasteiger partial charge in [0.15, 0.2) is 75.5 Å². The molecule has 0 spiro atoms. The second-order valence-electron chi connectivity index (χ2n) is 36.6. The first kappa shape index (κ1) is 117. The van der Waals surface area contributed by atoms with Crippen molar-refractivity contribution in [3.05, 3.63) is 0 Å². The van der Waals surface area contributed by atoms with E-state index in [1.54, 1.807) is 0 Å². The van der Waals surface area contributed by atoms with E-state index in [1.807, 2.05) is 0 Å². The second kappa shape index (κ2) is 51.0. The van der Waals surface area contributed by atoms with Gasteiger partial charge >= 0.3 is 0 Å². The molecule has 0 bridgehead atoms. The van der Waals surface area contributed by atoms with Crippen molar-refractivity contribution in [3.8, 4) is 0 Å². The van der Waals surface area contributed by atoms with Crippen LogP contribution in [0.25, 0.3) is 0 Å². The molecule has 36 N–H and O–H groups in total. The van der Waals surface area contributed by atoms with Crippen LogP contribution in [0, 0.1) is 0 Å². The van der Waals surface area contributed by atoms with E-state index < -0.39 is 458 Å². The van der Waals surface area contributed by atoms with Crippen molar-refractivity contribution < 1.29 is 292 Å². The van der Waals surface area contributed by atoms with Gasteiger partial charge in [-0.05, 0) is 13.8 Å². The zero-order valence-electron chi connectivity index (χ0n) is 77.0. The van der Waals surface area contributed by atoms with Gasteiger partial charge in [0.1, 0.15) is 281 Å². The highest BCUT2D eigenvalue weighted by molar-refractivity contribution is 5.74. The molecule has 0 unspecified atom stereocenters. The summed E-state index contributed by atoms with van der Waals surface area (Å²) < 4.78 is 138. The molecule has 0 aromatic heterocycles. The van der Waals surface area contributed by atoms with Crippen LogP contribution in [-0.2, 0) is 128 Å². The number of nitrogens with one attached hydrogen (secondary N) is 4. The van der Waals surface area contributed by atoms with Crippen LogP contribution in [-0.4, -0.2) is 621 Å². The maximum atomic E-state index is 13.5. The minimum atomic E-state index is -2.72. The van der Waals surface area contributed by atoms with Crippen molar-refractivity contribution in [2.24, 2.45) is 0 Å². The van der Waals surface area contributed by atoms with E-state index in [0.29, 0.717) is 0 Å². The first-order valence-electron chi connectivity index (χ1n) is 45.9. The third-order valence-electron chi connectivity index (χ3n) is 26.6. The average molecular weight is 2100 g/mol. The highest BCUT2D eigenvalue weighted by Crippen LogP contribution is 2.43. The number of amides is 4. The smallest absolute Gasteiger partial charge is 0.217 e. The Balaban J connectivity index is 0.878. The molecule has 828 valence electrons. The van der Waals surface area contributed by atoms with E-state index in [9.17, 15) is 183 Å². The fraction of sp³-hybridized carbons (Fsp3) is 0.950. The number of ether oxygens (including phenoxy) is 23. The number of aliphatic hydroxyl groups is 32. The lowest BCUT2D eigenvalue weighted by molar-refractivity contribution is -0.408. The number of carbonyl (C=O) groups excluding carboxylic acids is 4. The van der Waals surface area contributed by atoms with Crippen LogP contribution in [0.4, 0.5) is 0 Å². The Bertz CT molecular complexity index is 3960. The molecule has 12 heterocycles. The Morgan fingerprint density at radius 1 is 0.196 bits per heavy atom. The number of rotatable bonds is 36. The standard InChI is InChI=1S/C80H134N4O59/c1-17-37(97)49(109)55(115)73(123-17)121-16-32-63(45(105)33(69(120)125-32)81-19(3)93)135-70-34(82-20(4)94)46(106)61(29(13-91)131-70)137-77-59(119)64(44(104)31(134-77)15-122-78-66(53(113)41(101)25(9-87)128-78)141-71-35(83-21(5)95)47(107)60(28(12-90)132-71)136-75-57(117)51(111)39(99)23(7-85)126-75)139-79-67(54(114)42(102)26(10-88)129-79)142-72-36(84-22(6)96)48(108)62(30(14-92)133-72)138-80-68(143-74-56(116)50(110)38(98)18(2)124-74)65(43(103)27(11-89)130-80)140-76-58(118)52(112)40(100)24(8-86)127-76/h17-18,23-80,85-92,97-120H,7-16H2,1-6H3,(H,81,93)(H,82,94)(H,83,95)(H,84,96)/t17-,18-,23+,24+,25+,26+,27+,28+,29+,30+,31+,32+,33+,34+,35+,36-,37+,38+,39-,40-,41+,42+,43-,44+,45+,46+,47+,48+,49+,50+,51-,52-,53-,54-,55-,56-,57+,58+,59-,60+,61+,62+,63+,64-,65-,66-,67-,68+,69+,70-,71-,72-,73+,74-,75-,76+,77-,78-,79+,80-/m0/s1. The fourth-order valence-corrected chi connectivity index (χ4v) is 18.7. The van der Waals surface area contributed by atoms with Crippen molar-refractivity contribution in [2.75, 3.05) is 66.1 Å². The van der Waals surface area contributed by atoms with Crippen LogP contribution in [0.15, 0.2) is 0 Å². The molecule has 0 aromatic rings. The molecule has 4 amide bonds. The number of carbonyl (C=O) groups is 4. The molecule has 63 nitrogen and oxygen atoms in total. The zero-order chi connectivity index (χ0) is 105.